The molecule has 0 amide bonds. The van der Waals surface area contributed by atoms with E-state index in [9.17, 15) is 0 Å². The quantitative estimate of drug-likeness (QED) is 0.806. The molecule has 0 aromatic carbocycles. The largest absolute Gasteiger partial charge is 0.407 e. The maximum Gasteiger partial charge on any atom is 0.315 e. The van der Waals surface area contributed by atoms with Gasteiger partial charge >= 0.3 is 6.01 Å². The van der Waals surface area contributed by atoms with Gasteiger partial charge < -0.3 is 9.73 Å². The molecule has 0 radical (unpaired) electrons. The van der Waals surface area contributed by atoms with Crippen molar-refractivity contribution >= 4 is 17.6 Å². The normalized spacial score (nSPS) is 18.9. The van der Waals surface area contributed by atoms with Crippen molar-refractivity contribution in [2.75, 3.05) is 11.9 Å². The molecule has 1 aliphatic rings. The summed E-state index contributed by atoms with van der Waals surface area (Å²) in [4.78, 5) is 0. The summed E-state index contributed by atoms with van der Waals surface area (Å²) in [6, 6.07) is 0.487. The van der Waals surface area contributed by atoms with Crippen molar-refractivity contribution in [1.82, 2.24) is 10.2 Å². The van der Waals surface area contributed by atoms with E-state index in [1.807, 2.05) is 6.92 Å². The van der Waals surface area contributed by atoms with Gasteiger partial charge in [0.15, 0.2) is 0 Å². The molecule has 0 bridgehead atoms. The fourth-order valence-electron chi connectivity index (χ4n) is 2.15. The Hall–Kier alpha value is -0.770. The second-order valence-corrected chi connectivity index (χ2v) is 5.08. The Morgan fingerprint density at radius 1 is 1.44 bits per heavy atom. The Balaban J connectivity index is 1.72. The van der Waals surface area contributed by atoms with E-state index in [1.165, 1.54) is 32.1 Å². The average Bonchev–Trinajstić information content (AvgIpc) is 2.87. The molecule has 1 atom stereocenters. The number of halogens is 1. The molecule has 5 heteroatoms. The first-order valence-corrected chi connectivity index (χ1v) is 6.40. The highest BCUT2D eigenvalue weighted by atomic mass is 35.5. The molecular formula is C11H18ClN3O. The number of anilines is 1. The molecule has 1 N–H and O–H groups in total. The first kappa shape index (κ1) is 11.7. The fourth-order valence-corrected chi connectivity index (χ4v) is 2.24. The number of hydrogen-bond donors (Lipinski definition) is 1. The summed E-state index contributed by atoms with van der Waals surface area (Å²) in [5.74, 6) is 1.35. The van der Waals surface area contributed by atoms with E-state index in [2.05, 4.69) is 15.5 Å². The molecule has 1 heterocycles. The van der Waals surface area contributed by atoms with Crippen LogP contribution in [0.3, 0.4) is 0 Å². The summed E-state index contributed by atoms with van der Waals surface area (Å²) < 4.78 is 5.34. The molecule has 0 spiro atoms. The van der Waals surface area contributed by atoms with Gasteiger partial charge in [-0.05, 0) is 19.3 Å². The van der Waals surface area contributed by atoms with E-state index in [0.29, 0.717) is 11.9 Å². The highest BCUT2D eigenvalue weighted by Crippen LogP contribution is 2.27. The molecule has 2 rings (SSSR count). The Morgan fingerprint density at radius 3 is 2.81 bits per heavy atom. The van der Waals surface area contributed by atoms with E-state index in [0.717, 1.165) is 12.5 Å². The molecule has 1 unspecified atom stereocenters. The molecule has 0 saturated heterocycles. The molecule has 4 nitrogen and oxygen atoms in total. The lowest BCUT2D eigenvalue weighted by Crippen LogP contribution is -2.06. The number of nitrogens with one attached hydrogen (secondary N) is 1. The van der Waals surface area contributed by atoms with Crippen molar-refractivity contribution in [3.05, 3.63) is 5.89 Å². The van der Waals surface area contributed by atoms with Crippen molar-refractivity contribution in [1.29, 1.82) is 0 Å². The monoisotopic (exact) mass is 243 g/mol. The van der Waals surface area contributed by atoms with Crippen LogP contribution in [0, 0.1) is 5.92 Å². The maximum absolute atomic E-state index is 5.83. The molecular weight excluding hydrogens is 226 g/mol. The lowest BCUT2D eigenvalue weighted by molar-refractivity contribution is 0.490. The third-order valence-electron chi connectivity index (χ3n) is 3.08. The van der Waals surface area contributed by atoms with E-state index < -0.39 is 0 Å². The Labute approximate surface area is 101 Å². The number of aromatic nitrogens is 2. The highest BCUT2D eigenvalue weighted by Gasteiger charge is 2.15. The smallest absolute Gasteiger partial charge is 0.315 e. The summed E-state index contributed by atoms with van der Waals surface area (Å²) in [5.41, 5.74) is 0. The Kier molecular flexibility index (Phi) is 4.04. The van der Waals surface area contributed by atoms with Crippen LogP contribution in [-0.4, -0.2) is 16.7 Å². The zero-order valence-electron chi connectivity index (χ0n) is 9.58. The van der Waals surface area contributed by atoms with Crippen LogP contribution in [0.1, 0.15) is 50.3 Å². The molecule has 90 valence electrons. The Morgan fingerprint density at radius 2 is 2.19 bits per heavy atom. The molecule has 16 heavy (non-hydrogen) atoms. The van der Waals surface area contributed by atoms with Crippen molar-refractivity contribution in [3.63, 3.8) is 0 Å². The van der Waals surface area contributed by atoms with Gasteiger partial charge in [0, 0.05) is 6.54 Å². The van der Waals surface area contributed by atoms with Gasteiger partial charge in [0.1, 0.15) is 5.38 Å². The standard InChI is InChI=1S/C11H18ClN3O/c1-8(12)10-14-15-11(16-10)13-7-6-9-4-2-3-5-9/h8-9H,2-7H2,1H3,(H,13,15). The first-order chi connectivity index (χ1) is 7.75. The summed E-state index contributed by atoms with van der Waals surface area (Å²) >= 11 is 5.83. The van der Waals surface area contributed by atoms with Crippen molar-refractivity contribution < 1.29 is 4.42 Å². The van der Waals surface area contributed by atoms with Crippen LogP contribution in [0.2, 0.25) is 0 Å². The minimum Gasteiger partial charge on any atom is -0.407 e. The van der Waals surface area contributed by atoms with Crippen LogP contribution >= 0.6 is 11.6 Å². The van der Waals surface area contributed by atoms with E-state index in [1.54, 1.807) is 0 Å². The predicted octanol–water partition coefficient (Wildman–Crippen LogP) is 3.36. The van der Waals surface area contributed by atoms with Crippen LogP contribution < -0.4 is 5.32 Å². The van der Waals surface area contributed by atoms with Crippen LogP contribution in [0.15, 0.2) is 4.42 Å². The van der Waals surface area contributed by atoms with E-state index in [4.69, 9.17) is 16.0 Å². The second kappa shape index (κ2) is 5.53. The summed E-state index contributed by atoms with van der Waals surface area (Å²) in [7, 11) is 0. The zero-order chi connectivity index (χ0) is 11.4. The lowest BCUT2D eigenvalue weighted by Gasteiger charge is -2.07. The third kappa shape index (κ3) is 3.11. The van der Waals surface area contributed by atoms with Gasteiger partial charge in [-0.3, -0.25) is 0 Å². The summed E-state index contributed by atoms with van der Waals surface area (Å²) in [6.45, 7) is 2.72. The van der Waals surface area contributed by atoms with Crippen LogP contribution in [0.4, 0.5) is 6.01 Å². The number of hydrogen-bond acceptors (Lipinski definition) is 4. The molecule has 1 fully saturated rings. The van der Waals surface area contributed by atoms with Gasteiger partial charge in [0.05, 0.1) is 0 Å². The van der Waals surface area contributed by atoms with E-state index in [-0.39, 0.29) is 5.38 Å². The topological polar surface area (TPSA) is 51.0 Å². The van der Waals surface area contributed by atoms with Crippen LogP contribution in [-0.2, 0) is 0 Å². The highest BCUT2D eigenvalue weighted by molar-refractivity contribution is 6.20. The minimum atomic E-state index is -0.224. The van der Waals surface area contributed by atoms with Crippen LogP contribution in [0.5, 0.6) is 0 Å². The average molecular weight is 244 g/mol. The lowest BCUT2D eigenvalue weighted by atomic mass is 10.0. The summed E-state index contributed by atoms with van der Waals surface area (Å²) in [5, 5.41) is 10.7. The number of nitrogens with zero attached hydrogens (tertiary/aromatic N) is 2. The summed E-state index contributed by atoms with van der Waals surface area (Å²) in [6.07, 6.45) is 6.71. The molecule has 1 aliphatic carbocycles. The first-order valence-electron chi connectivity index (χ1n) is 5.97. The molecule has 1 saturated carbocycles. The molecule has 0 aliphatic heterocycles. The number of rotatable bonds is 5. The number of alkyl halides is 1. The minimum absolute atomic E-state index is 0.224. The van der Waals surface area contributed by atoms with Gasteiger partial charge in [0.25, 0.3) is 0 Å². The molecule has 1 aromatic rings. The zero-order valence-corrected chi connectivity index (χ0v) is 10.3. The second-order valence-electron chi connectivity index (χ2n) is 4.43. The maximum atomic E-state index is 5.83. The van der Waals surface area contributed by atoms with Crippen molar-refractivity contribution in [2.45, 2.75) is 44.4 Å². The van der Waals surface area contributed by atoms with Gasteiger partial charge in [0.2, 0.25) is 5.89 Å². The van der Waals surface area contributed by atoms with Crippen molar-refractivity contribution in [2.24, 2.45) is 5.92 Å². The van der Waals surface area contributed by atoms with Gasteiger partial charge in [-0.25, -0.2) is 0 Å². The SMILES string of the molecule is CC(Cl)c1nnc(NCCC2CCCC2)o1. The third-order valence-corrected chi connectivity index (χ3v) is 3.27. The Bertz CT molecular complexity index is 321. The predicted molar refractivity (Wildman–Crippen MR) is 63.6 cm³/mol. The van der Waals surface area contributed by atoms with Crippen molar-refractivity contribution in [3.8, 4) is 0 Å². The fraction of sp³-hybridized carbons (Fsp3) is 0.818. The molecule has 1 aromatic heterocycles. The van der Waals surface area contributed by atoms with Gasteiger partial charge in [-0.2, -0.15) is 0 Å². The van der Waals surface area contributed by atoms with Gasteiger partial charge in [-0.15, -0.1) is 16.7 Å². The van der Waals surface area contributed by atoms with E-state index >= 15 is 0 Å². The van der Waals surface area contributed by atoms with Crippen LogP contribution in [0.25, 0.3) is 0 Å². The van der Waals surface area contributed by atoms with Gasteiger partial charge in [-0.1, -0.05) is 30.8 Å².